The second-order valence-electron chi connectivity index (χ2n) is 19.9. The summed E-state index contributed by atoms with van der Waals surface area (Å²) in [5.74, 6) is -0.226. The minimum Gasteiger partial charge on any atom is -0.387 e. The maximum absolute atomic E-state index is 12.9. The Kier molecular flexibility index (Phi) is 52.2. The van der Waals surface area contributed by atoms with Gasteiger partial charge >= 0.3 is 7.82 Å². The summed E-state index contributed by atoms with van der Waals surface area (Å²) in [7, 11) is 1.50. The summed E-state index contributed by atoms with van der Waals surface area (Å²) in [5, 5.41) is 13.8. The number of phosphoric ester groups is 1. The number of aliphatic hydroxyl groups excluding tert-OH is 1. The van der Waals surface area contributed by atoms with E-state index in [0.29, 0.717) is 17.4 Å². The number of nitrogens with zero attached hydrogens (tertiary/aromatic N) is 1. The molecule has 0 heterocycles. The molecular weight excluding hydrogens is 960 g/mol. The van der Waals surface area contributed by atoms with Crippen LogP contribution in [0, 0.1) is 0 Å². The van der Waals surface area contributed by atoms with Crippen LogP contribution in [0.25, 0.3) is 0 Å². The number of carbonyl (C=O) groups excluding carboxylic acids is 1. The Morgan fingerprint density at radius 1 is 0.461 bits per heavy atom. The molecule has 0 fully saturated rings. The lowest BCUT2D eigenvalue weighted by atomic mass is 10.1. The number of hydrogen-bond acceptors (Lipinski definition) is 5. The monoisotopic (exact) mass is 1070 g/mol. The Morgan fingerprint density at radius 2 is 0.803 bits per heavy atom. The molecule has 0 radical (unpaired) electrons. The number of phosphoric acid groups is 1. The maximum atomic E-state index is 12.9. The fourth-order valence-corrected chi connectivity index (χ4v) is 7.79. The molecule has 3 atom stereocenters. The zero-order chi connectivity index (χ0) is 55.6. The number of aliphatic hydroxyl groups is 1. The Balaban J connectivity index is 4.23. The average Bonchev–Trinajstić information content (AvgIpc) is 3.38. The van der Waals surface area contributed by atoms with Crippen LogP contribution in [0.3, 0.4) is 0 Å². The number of allylic oxidation sites excluding steroid dienone is 29. The number of likely N-dealkylation sites (N-methyl/N-ethyl adjacent to an activating group) is 1. The molecule has 0 aromatic carbocycles. The van der Waals surface area contributed by atoms with Crippen LogP contribution >= 0.6 is 7.82 Å². The van der Waals surface area contributed by atoms with Gasteiger partial charge in [-0.05, 0) is 135 Å². The zero-order valence-corrected chi connectivity index (χ0v) is 49.3. The number of unbranched alkanes of at least 4 members (excludes halogenated alkanes) is 9. The molecule has 0 aromatic rings. The molecule has 0 aliphatic heterocycles. The number of quaternary nitrogens is 1. The summed E-state index contributed by atoms with van der Waals surface area (Å²) in [5.41, 5.74) is 0. The van der Waals surface area contributed by atoms with Gasteiger partial charge in [-0.25, -0.2) is 4.57 Å². The van der Waals surface area contributed by atoms with E-state index in [1.54, 1.807) is 6.08 Å². The Labute approximate surface area is 466 Å². The molecule has 76 heavy (non-hydrogen) atoms. The van der Waals surface area contributed by atoms with E-state index in [1.165, 1.54) is 19.3 Å². The first kappa shape index (κ1) is 71.6. The zero-order valence-electron chi connectivity index (χ0n) is 48.4. The topological polar surface area (TPSA) is 105 Å². The second kappa shape index (κ2) is 55.4. The molecule has 426 valence electrons. The Hall–Kier alpha value is -4.40. The first-order valence-corrected chi connectivity index (χ1v) is 30.7. The highest BCUT2D eigenvalue weighted by Crippen LogP contribution is 2.43. The van der Waals surface area contributed by atoms with Crippen molar-refractivity contribution >= 4 is 13.7 Å². The van der Waals surface area contributed by atoms with E-state index in [0.717, 1.165) is 141 Å². The lowest BCUT2D eigenvalue weighted by molar-refractivity contribution is -0.870. The highest BCUT2D eigenvalue weighted by molar-refractivity contribution is 7.47. The van der Waals surface area contributed by atoms with Gasteiger partial charge in [-0.2, -0.15) is 0 Å². The largest absolute Gasteiger partial charge is 0.472 e. The number of nitrogens with one attached hydrogen (secondary N) is 1. The fourth-order valence-electron chi connectivity index (χ4n) is 7.05. The van der Waals surface area contributed by atoms with Crippen LogP contribution in [0.1, 0.15) is 181 Å². The molecule has 1 amide bonds. The summed E-state index contributed by atoms with van der Waals surface area (Å²) in [6.45, 7) is 4.58. The van der Waals surface area contributed by atoms with Crippen molar-refractivity contribution in [2.45, 2.75) is 193 Å². The van der Waals surface area contributed by atoms with Gasteiger partial charge in [0, 0.05) is 6.42 Å². The third-order valence-corrected chi connectivity index (χ3v) is 12.6. The molecule has 0 spiro atoms. The van der Waals surface area contributed by atoms with E-state index in [1.807, 2.05) is 27.2 Å². The van der Waals surface area contributed by atoms with Crippen LogP contribution in [0.15, 0.2) is 182 Å². The average molecular weight is 1070 g/mol. The SMILES string of the molecule is CC/C=C\C/C=C\C/C=C\C/C=C\C/C=C\C/C=C\C/C=C\C/C=C\C/C=C\C/C=C\C/C=C\C/C=C\CCCCCCC(=O)NC(COP(=O)(O)OCC[N+](C)(C)C)C(O)/C=C/CC/C=C/CC/C=C/CCCCC. The lowest BCUT2D eigenvalue weighted by Gasteiger charge is -2.25. The molecule has 0 aromatic heterocycles. The number of hydrogen-bond donors (Lipinski definition) is 3. The third kappa shape index (κ3) is 57.3. The molecule has 3 N–H and O–H groups in total. The van der Waals surface area contributed by atoms with Crippen molar-refractivity contribution < 1.29 is 32.9 Å². The fraction of sp³-hybridized carbons (Fsp3) is 0.537. The Bertz CT molecular complexity index is 1880. The van der Waals surface area contributed by atoms with E-state index in [9.17, 15) is 19.4 Å². The Morgan fingerprint density at radius 3 is 1.20 bits per heavy atom. The van der Waals surface area contributed by atoms with Crippen LogP contribution in [0.5, 0.6) is 0 Å². The van der Waals surface area contributed by atoms with Crippen LogP contribution in [0.4, 0.5) is 0 Å². The molecule has 0 saturated carbocycles. The van der Waals surface area contributed by atoms with Gasteiger partial charge in [0.2, 0.25) is 5.91 Å². The molecule has 8 nitrogen and oxygen atoms in total. The summed E-state index contributed by atoms with van der Waals surface area (Å²) < 4.78 is 23.6. The quantitative estimate of drug-likeness (QED) is 0.0243. The predicted octanol–water partition coefficient (Wildman–Crippen LogP) is 18.2. The van der Waals surface area contributed by atoms with Gasteiger partial charge in [0.1, 0.15) is 13.2 Å². The molecule has 0 rings (SSSR count). The molecular formula is C67H108N2O6P+. The standard InChI is InChI=1S/C67H107N2O6P/c1-6-8-10-12-14-16-18-20-21-22-23-24-25-26-27-28-29-30-31-32-33-34-35-36-37-38-39-40-41-42-43-44-45-46-47-49-51-53-55-57-59-61-67(71)68-65(64-75-76(72,73)74-63-62-69(3,4)5)66(70)60-58-56-54-52-50-48-19-17-15-13-11-9-7-2/h8,10,14-17,20-21,23-24,26-27,29-30,32-33,35-36,38-39,41-42,44-45,47,49-50,52,58,60,65-66,70H,6-7,9,11-13,18-19,22,25,28,31,34,37,40,43,46,48,51,53-57,59,61-64H2,1-5H3,(H-,68,71,72,73)/p+1/b10-8-,16-14-,17-15+,21-20-,24-23-,27-26-,30-29-,33-32-,36-35-,39-38-,42-41-,45-44-,49-47-,52-50+,60-58+. The van der Waals surface area contributed by atoms with E-state index < -0.39 is 20.0 Å². The van der Waals surface area contributed by atoms with Crippen LogP contribution < -0.4 is 5.32 Å². The van der Waals surface area contributed by atoms with E-state index in [-0.39, 0.29) is 19.1 Å². The number of rotatable bonds is 50. The van der Waals surface area contributed by atoms with Crippen molar-refractivity contribution in [2.75, 3.05) is 40.9 Å². The van der Waals surface area contributed by atoms with Crippen LogP contribution in [-0.4, -0.2) is 73.4 Å². The van der Waals surface area contributed by atoms with Crippen LogP contribution in [-0.2, 0) is 18.4 Å². The molecule has 9 heteroatoms. The van der Waals surface area contributed by atoms with Gasteiger partial charge in [-0.1, -0.05) is 222 Å². The maximum Gasteiger partial charge on any atom is 0.472 e. The number of carbonyl (C=O) groups is 1. The van der Waals surface area contributed by atoms with Crippen molar-refractivity contribution in [1.29, 1.82) is 0 Å². The summed E-state index contributed by atoms with van der Waals surface area (Å²) in [4.78, 5) is 23.2. The summed E-state index contributed by atoms with van der Waals surface area (Å²) in [6.07, 6.45) is 90.1. The van der Waals surface area contributed by atoms with Gasteiger partial charge in [0.15, 0.2) is 0 Å². The van der Waals surface area contributed by atoms with Crippen molar-refractivity contribution in [2.24, 2.45) is 0 Å². The summed E-state index contributed by atoms with van der Waals surface area (Å²) in [6, 6.07) is -0.897. The van der Waals surface area contributed by atoms with Crippen molar-refractivity contribution in [3.63, 3.8) is 0 Å². The van der Waals surface area contributed by atoms with Gasteiger partial charge in [-0.3, -0.25) is 13.8 Å². The molecule has 3 unspecified atom stereocenters. The van der Waals surface area contributed by atoms with E-state index in [2.05, 4.69) is 189 Å². The first-order chi connectivity index (χ1) is 37.0. The minimum absolute atomic E-state index is 0.0378. The molecule has 0 aliphatic carbocycles. The van der Waals surface area contributed by atoms with Gasteiger partial charge < -0.3 is 19.8 Å². The normalized spacial score (nSPS) is 15.2. The third-order valence-electron chi connectivity index (χ3n) is 11.6. The first-order valence-electron chi connectivity index (χ1n) is 29.2. The van der Waals surface area contributed by atoms with Crippen molar-refractivity contribution in [3.05, 3.63) is 182 Å². The highest BCUT2D eigenvalue weighted by atomic mass is 31.2. The van der Waals surface area contributed by atoms with E-state index >= 15 is 0 Å². The van der Waals surface area contributed by atoms with Crippen molar-refractivity contribution in [1.82, 2.24) is 5.32 Å². The molecule has 0 saturated heterocycles. The van der Waals surface area contributed by atoms with Crippen LogP contribution in [0.2, 0.25) is 0 Å². The highest BCUT2D eigenvalue weighted by Gasteiger charge is 2.27. The number of amides is 1. The molecule has 0 bridgehead atoms. The molecule has 0 aliphatic rings. The van der Waals surface area contributed by atoms with Gasteiger partial charge in [0.05, 0.1) is 39.9 Å². The van der Waals surface area contributed by atoms with E-state index in [4.69, 9.17) is 9.05 Å². The van der Waals surface area contributed by atoms with Gasteiger partial charge in [0.25, 0.3) is 0 Å². The van der Waals surface area contributed by atoms with Crippen molar-refractivity contribution in [3.8, 4) is 0 Å². The lowest BCUT2D eigenvalue weighted by Crippen LogP contribution is -2.45. The predicted molar refractivity (Wildman–Crippen MR) is 331 cm³/mol. The van der Waals surface area contributed by atoms with Gasteiger partial charge in [-0.15, -0.1) is 0 Å². The second-order valence-corrected chi connectivity index (χ2v) is 21.4. The smallest absolute Gasteiger partial charge is 0.387 e. The minimum atomic E-state index is -4.38. The summed E-state index contributed by atoms with van der Waals surface area (Å²) >= 11 is 0.